The molecule has 0 saturated carbocycles. The molecule has 8 nitrogen and oxygen atoms in total. The van der Waals surface area contributed by atoms with Crippen LogP contribution in [0.3, 0.4) is 0 Å². The molecule has 0 spiro atoms. The van der Waals surface area contributed by atoms with Crippen LogP contribution in [0.1, 0.15) is 11.1 Å². The first kappa shape index (κ1) is 23.2. The molecule has 3 aromatic carbocycles. The summed E-state index contributed by atoms with van der Waals surface area (Å²) in [6.07, 6.45) is 1.33. The largest absolute Gasteiger partial charge is 0.502 e. The Balaban J connectivity index is 1.85. The highest BCUT2D eigenvalue weighted by Crippen LogP contribution is 2.32. The molecule has 4 aromatic rings. The minimum absolute atomic E-state index is 0.114. The lowest BCUT2D eigenvalue weighted by atomic mass is 10.1. The molecule has 1 heterocycles. The molecule has 0 radical (unpaired) electrons. The number of thiazole rings is 1. The number of phenolic OH excluding ortho intramolecular Hbond substituents is 1. The molecule has 10 heteroatoms. The first-order chi connectivity index (χ1) is 16.4. The molecule has 0 aliphatic heterocycles. The normalized spacial score (nSPS) is 11.8. The van der Waals surface area contributed by atoms with Crippen molar-refractivity contribution in [1.29, 1.82) is 0 Å². The fraction of sp³-hybridized carbons (Fsp3) is 0.0833. The van der Waals surface area contributed by atoms with Gasteiger partial charge in [-0.15, -0.1) is 11.3 Å². The van der Waals surface area contributed by atoms with Crippen LogP contribution in [-0.2, 0) is 0 Å². The number of methoxy groups -OCH3 is 1. The standard InChI is InChI=1S/C24H19ClN4O4S/c1-15-3-5-16(6-4-15)22-14-34-24(27-19-7-9-20(33-2)10-8-19)28(22)26-13-17-11-18(25)12-21(23(17)30)29(31)32/h3-14,30H,1-2H3. The van der Waals surface area contributed by atoms with Crippen LogP contribution in [0.25, 0.3) is 11.3 Å². The van der Waals surface area contributed by atoms with Crippen molar-refractivity contribution in [3.8, 4) is 22.8 Å². The van der Waals surface area contributed by atoms with Crippen molar-refractivity contribution >= 4 is 40.5 Å². The van der Waals surface area contributed by atoms with Crippen molar-refractivity contribution in [2.24, 2.45) is 10.1 Å². The molecule has 0 saturated heterocycles. The number of aromatic nitrogens is 1. The molecule has 172 valence electrons. The maximum atomic E-state index is 11.2. The molecule has 0 fully saturated rings. The van der Waals surface area contributed by atoms with E-state index in [1.54, 1.807) is 11.8 Å². The van der Waals surface area contributed by atoms with Crippen molar-refractivity contribution in [1.82, 2.24) is 4.68 Å². The Morgan fingerprint density at radius 3 is 2.50 bits per heavy atom. The molecule has 4 rings (SSSR count). The molecule has 0 bridgehead atoms. The molecule has 1 aromatic heterocycles. The number of halogens is 1. The third-order valence-corrected chi connectivity index (χ3v) is 5.96. The van der Waals surface area contributed by atoms with Gasteiger partial charge in [-0.25, -0.2) is 9.67 Å². The Hall–Kier alpha value is -3.95. The SMILES string of the molecule is COc1ccc(N=c2scc(-c3ccc(C)cc3)n2N=Cc2cc(Cl)cc([N+](=O)[O-])c2O)cc1. The maximum Gasteiger partial charge on any atom is 0.312 e. The highest BCUT2D eigenvalue weighted by atomic mass is 35.5. The minimum atomic E-state index is -0.696. The van der Waals surface area contributed by atoms with Gasteiger partial charge in [0.1, 0.15) is 5.75 Å². The first-order valence-electron chi connectivity index (χ1n) is 10.0. The number of aromatic hydroxyl groups is 1. The van der Waals surface area contributed by atoms with Crippen LogP contribution in [0, 0.1) is 17.0 Å². The molecule has 0 aliphatic carbocycles. The number of nitrogens with zero attached hydrogens (tertiary/aromatic N) is 4. The number of benzene rings is 3. The number of phenols is 1. The van der Waals surface area contributed by atoms with Gasteiger partial charge in [0.15, 0.2) is 0 Å². The fourth-order valence-electron chi connectivity index (χ4n) is 3.14. The predicted octanol–water partition coefficient (Wildman–Crippen LogP) is 5.92. The lowest BCUT2D eigenvalue weighted by Gasteiger charge is -2.05. The second-order valence-electron chi connectivity index (χ2n) is 7.26. The van der Waals surface area contributed by atoms with Gasteiger partial charge in [-0.2, -0.15) is 5.10 Å². The van der Waals surface area contributed by atoms with Gasteiger partial charge in [0, 0.05) is 27.6 Å². The van der Waals surface area contributed by atoms with Crippen LogP contribution in [0.15, 0.2) is 76.1 Å². The van der Waals surface area contributed by atoms with Crippen LogP contribution < -0.4 is 9.54 Å². The monoisotopic (exact) mass is 494 g/mol. The molecular formula is C24H19ClN4O4S. The van der Waals surface area contributed by atoms with Crippen molar-refractivity contribution in [2.45, 2.75) is 6.92 Å². The summed E-state index contributed by atoms with van der Waals surface area (Å²) in [6, 6.07) is 17.7. The summed E-state index contributed by atoms with van der Waals surface area (Å²) in [5, 5.41) is 28.1. The van der Waals surface area contributed by atoms with Crippen molar-refractivity contribution < 1.29 is 14.8 Å². The third-order valence-electron chi connectivity index (χ3n) is 4.92. The van der Waals surface area contributed by atoms with E-state index < -0.39 is 16.4 Å². The van der Waals surface area contributed by atoms with Gasteiger partial charge in [0.05, 0.1) is 29.6 Å². The predicted molar refractivity (Wildman–Crippen MR) is 133 cm³/mol. The first-order valence-corrected chi connectivity index (χ1v) is 11.3. The molecule has 0 aliphatic rings. The number of nitro groups is 1. The van der Waals surface area contributed by atoms with Gasteiger partial charge >= 0.3 is 5.69 Å². The quantitative estimate of drug-likeness (QED) is 0.204. The van der Waals surface area contributed by atoms with Gasteiger partial charge < -0.3 is 9.84 Å². The molecule has 0 unspecified atom stereocenters. The van der Waals surface area contributed by atoms with E-state index in [1.807, 2.05) is 60.8 Å². The van der Waals surface area contributed by atoms with Crippen LogP contribution >= 0.6 is 22.9 Å². The highest BCUT2D eigenvalue weighted by Gasteiger charge is 2.18. The summed E-state index contributed by atoms with van der Waals surface area (Å²) in [7, 11) is 1.59. The number of hydrogen-bond donors (Lipinski definition) is 1. The van der Waals surface area contributed by atoms with E-state index in [0.717, 1.165) is 28.6 Å². The zero-order valence-electron chi connectivity index (χ0n) is 18.2. The van der Waals surface area contributed by atoms with Crippen LogP contribution in [-0.4, -0.2) is 28.0 Å². The van der Waals surface area contributed by atoms with Crippen molar-refractivity contribution in [2.75, 3.05) is 7.11 Å². The fourth-order valence-corrected chi connectivity index (χ4v) is 4.22. The molecule has 0 amide bonds. The summed E-state index contributed by atoms with van der Waals surface area (Å²) >= 11 is 7.41. The van der Waals surface area contributed by atoms with Crippen LogP contribution in [0.2, 0.25) is 5.02 Å². The maximum absolute atomic E-state index is 11.2. The van der Waals surface area contributed by atoms with Gasteiger partial charge in [0.25, 0.3) is 0 Å². The Labute approximate surface area is 203 Å². The van der Waals surface area contributed by atoms with E-state index in [4.69, 9.17) is 21.3 Å². The van der Waals surface area contributed by atoms with Gasteiger partial charge in [0.2, 0.25) is 10.6 Å². The van der Waals surface area contributed by atoms with E-state index in [-0.39, 0.29) is 10.6 Å². The molecule has 34 heavy (non-hydrogen) atoms. The van der Waals surface area contributed by atoms with Crippen molar-refractivity contribution in [3.63, 3.8) is 0 Å². The average Bonchev–Trinajstić information content (AvgIpc) is 3.22. The number of rotatable bonds is 6. The molecular weight excluding hydrogens is 476 g/mol. The molecule has 1 N–H and O–H groups in total. The number of hydrogen-bond acceptors (Lipinski definition) is 7. The third kappa shape index (κ3) is 5.00. The smallest absolute Gasteiger partial charge is 0.312 e. The van der Waals surface area contributed by atoms with E-state index in [9.17, 15) is 15.2 Å². The summed E-state index contributed by atoms with van der Waals surface area (Å²) in [4.78, 5) is 15.8. The number of ether oxygens (including phenoxy) is 1. The topological polar surface area (TPSA) is 102 Å². The Kier molecular flexibility index (Phi) is 6.76. The van der Waals surface area contributed by atoms with Crippen LogP contribution in [0.4, 0.5) is 11.4 Å². The van der Waals surface area contributed by atoms with E-state index in [0.29, 0.717) is 10.5 Å². The highest BCUT2D eigenvalue weighted by molar-refractivity contribution is 7.07. The Bertz CT molecular complexity index is 1440. The zero-order chi connectivity index (χ0) is 24.2. The van der Waals surface area contributed by atoms with E-state index in [2.05, 4.69) is 5.10 Å². The zero-order valence-corrected chi connectivity index (χ0v) is 19.7. The summed E-state index contributed by atoms with van der Waals surface area (Å²) in [6.45, 7) is 2.00. The van der Waals surface area contributed by atoms with Crippen LogP contribution in [0.5, 0.6) is 11.5 Å². The summed E-state index contributed by atoms with van der Waals surface area (Å²) < 4.78 is 6.82. The van der Waals surface area contributed by atoms with Gasteiger partial charge in [-0.1, -0.05) is 41.4 Å². The number of nitro benzene ring substituents is 1. The van der Waals surface area contributed by atoms with Gasteiger partial charge in [-0.3, -0.25) is 10.1 Å². The summed E-state index contributed by atoms with van der Waals surface area (Å²) in [5.41, 5.74) is 3.12. The second kappa shape index (κ2) is 9.90. The number of aryl methyl sites for hydroxylation is 1. The van der Waals surface area contributed by atoms with Crippen molar-refractivity contribution in [3.05, 3.63) is 97.1 Å². The van der Waals surface area contributed by atoms with Gasteiger partial charge in [-0.05, 0) is 37.3 Å². The van der Waals surface area contributed by atoms with E-state index in [1.165, 1.54) is 23.6 Å². The Morgan fingerprint density at radius 2 is 1.85 bits per heavy atom. The second-order valence-corrected chi connectivity index (χ2v) is 8.53. The Morgan fingerprint density at radius 1 is 1.15 bits per heavy atom. The lowest BCUT2D eigenvalue weighted by molar-refractivity contribution is -0.385. The minimum Gasteiger partial charge on any atom is -0.502 e. The lowest BCUT2D eigenvalue weighted by Crippen LogP contribution is -2.11. The van der Waals surface area contributed by atoms with E-state index >= 15 is 0 Å². The average molecular weight is 495 g/mol. The molecule has 0 atom stereocenters. The summed E-state index contributed by atoms with van der Waals surface area (Å²) in [5.74, 6) is 0.203.